The molecule has 0 aliphatic carbocycles. The highest BCUT2D eigenvalue weighted by Gasteiger charge is 2.20. The number of methoxy groups -OCH3 is 2. The number of nitrogens with one attached hydrogen (secondary N) is 4. The molecule has 0 aliphatic rings. The Hall–Kier alpha value is -5.58. The van der Waals surface area contributed by atoms with Crippen LogP contribution in [0.5, 0.6) is 0 Å². The van der Waals surface area contributed by atoms with Gasteiger partial charge < -0.3 is 29.7 Å². The number of hydrogen-bond donors (Lipinski definition) is 6. The maximum Gasteiger partial charge on any atom is 0.425 e. The number of rotatable bonds is 13. The summed E-state index contributed by atoms with van der Waals surface area (Å²) in [5.41, 5.74) is 11.3. The zero-order chi connectivity index (χ0) is 41.3. The number of H-pyrrole nitrogens is 2. The van der Waals surface area contributed by atoms with Crippen LogP contribution in [0.4, 0.5) is 4.79 Å². The molecule has 0 radical (unpaired) electrons. The van der Waals surface area contributed by atoms with Crippen molar-refractivity contribution in [2.45, 2.75) is 79.3 Å². The van der Waals surface area contributed by atoms with Crippen LogP contribution in [0.3, 0.4) is 0 Å². The smallest absolute Gasteiger partial charge is 0.425 e. The molecular formula is C39H58N8O8. The van der Waals surface area contributed by atoms with Crippen LogP contribution in [0.2, 0.25) is 0 Å². The molecule has 0 bridgehead atoms. The second-order valence-electron chi connectivity index (χ2n) is 12.1. The van der Waals surface area contributed by atoms with Crippen LogP contribution < -0.4 is 10.9 Å². The van der Waals surface area contributed by atoms with Crippen LogP contribution in [0.15, 0.2) is 60.9 Å². The number of ether oxygens (including phenoxy) is 2. The molecule has 3 amide bonds. The van der Waals surface area contributed by atoms with Gasteiger partial charge in [0.05, 0.1) is 38.0 Å². The summed E-state index contributed by atoms with van der Waals surface area (Å²) in [5, 5.41) is 18.0. The molecule has 0 saturated heterocycles. The summed E-state index contributed by atoms with van der Waals surface area (Å²) in [4.78, 5) is 61.2. The molecule has 6 N–H and O–H groups in total. The lowest BCUT2D eigenvalue weighted by atomic mass is 10.0. The lowest BCUT2D eigenvalue weighted by Crippen LogP contribution is -2.50. The van der Waals surface area contributed by atoms with E-state index in [1.807, 2.05) is 39.8 Å². The molecule has 55 heavy (non-hydrogen) atoms. The Labute approximate surface area is 323 Å². The zero-order valence-electron chi connectivity index (χ0n) is 33.4. The average Bonchev–Trinajstić information content (AvgIpc) is 3.86. The number of benzene rings is 2. The van der Waals surface area contributed by atoms with Crippen molar-refractivity contribution in [3.8, 4) is 33.6 Å². The van der Waals surface area contributed by atoms with Gasteiger partial charge in [0.15, 0.2) is 0 Å². The highest BCUT2D eigenvalue weighted by molar-refractivity contribution is 5.80. The van der Waals surface area contributed by atoms with Gasteiger partial charge in [-0.1, -0.05) is 48.5 Å². The quantitative estimate of drug-likeness (QED) is 0.0813. The van der Waals surface area contributed by atoms with Crippen molar-refractivity contribution < 1.29 is 38.9 Å². The first kappa shape index (κ1) is 47.4. The largest absolute Gasteiger partial charge is 0.471 e. The number of hydrogen-bond acceptors (Lipinski definition) is 11. The van der Waals surface area contributed by atoms with Gasteiger partial charge in [0, 0.05) is 58.0 Å². The van der Waals surface area contributed by atoms with Crippen molar-refractivity contribution in [1.29, 1.82) is 0 Å². The number of aliphatic hydroxyl groups excluding tert-OH is 2. The maximum absolute atomic E-state index is 12.7. The van der Waals surface area contributed by atoms with Crippen LogP contribution in [-0.2, 0) is 36.7 Å². The monoisotopic (exact) mass is 766 g/mol. The molecule has 16 heteroatoms. The minimum Gasteiger partial charge on any atom is -0.471 e. The van der Waals surface area contributed by atoms with E-state index in [-0.39, 0.29) is 43.5 Å². The number of aromatic nitrogens is 4. The van der Waals surface area contributed by atoms with Crippen LogP contribution in [0.25, 0.3) is 33.6 Å². The van der Waals surface area contributed by atoms with Gasteiger partial charge in [-0.3, -0.25) is 19.4 Å². The summed E-state index contributed by atoms with van der Waals surface area (Å²) in [6, 6.07) is 16.3. The van der Waals surface area contributed by atoms with E-state index in [2.05, 4.69) is 76.7 Å². The predicted octanol–water partition coefficient (Wildman–Crippen LogP) is 4.66. The topological polar surface area (TPSA) is 215 Å². The molecule has 0 fully saturated rings. The maximum atomic E-state index is 12.7. The molecule has 0 aliphatic heterocycles. The summed E-state index contributed by atoms with van der Waals surface area (Å²) in [6.45, 7) is 11.8. The lowest BCUT2D eigenvalue weighted by Gasteiger charge is -2.26. The minimum atomic E-state index is -0.687. The first-order chi connectivity index (χ1) is 26.3. The first-order valence-corrected chi connectivity index (χ1v) is 18.0. The van der Waals surface area contributed by atoms with E-state index in [1.165, 1.54) is 19.2 Å². The second kappa shape index (κ2) is 26.2. The summed E-state index contributed by atoms with van der Waals surface area (Å²) in [5.74, 6) is 1.26. The Morgan fingerprint density at radius 1 is 0.727 bits per heavy atom. The van der Waals surface area contributed by atoms with Crippen LogP contribution in [0, 0.1) is 0 Å². The van der Waals surface area contributed by atoms with Crippen molar-refractivity contribution in [3.63, 3.8) is 0 Å². The van der Waals surface area contributed by atoms with Crippen molar-refractivity contribution in [3.05, 3.63) is 72.6 Å². The molecule has 4 rings (SSSR count). The zero-order valence-corrected chi connectivity index (χ0v) is 33.4. The highest BCUT2D eigenvalue weighted by Crippen LogP contribution is 2.27. The number of hydrazine groups is 2. The molecule has 2 heterocycles. The lowest BCUT2D eigenvalue weighted by molar-refractivity contribution is -0.136. The highest BCUT2D eigenvalue weighted by atomic mass is 16.5. The fourth-order valence-corrected chi connectivity index (χ4v) is 4.94. The third-order valence-corrected chi connectivity index (χ3v) is 7.44. The number of aromatic amines is 2. The van der Waals surface area contributed by atoms with Crippen LogP contribution in [0.1, 0.15) is 66.0 Å². The molecule has 2 aromatic heterocycles. The molecule has 0 atom stereocenters. The third-order valence-electron chi connectivity index (χ3n) is 7.44. The molecule has 16 nitrogen and oxygen atoms in total. The summed E-state index contributed by atoms with van der Waals surface area (Å²) in [7, 11) is 4.32. The van der Waals surface area contributed by atoms with Crippen LogP contribution >= 0.6 is 0 Å². The Balaban J connectivity index is 0.00000136. The SMILES string of the molecule is CCO.CCO.CNN(C(=O)CCc1ncc(-c2ccc(-c3ccc(-c4cnc(CCC(=O)N(NC(=O)OC)C(C)C)[nH]4)cc3)cc2)[nH]1)C(C)C.COC=O. The summed E-state index contributed by atoms with van der Waals surface area (Å²) in [6.07, 6.45) is 4.36. The van der Waals surface area contributed by atoms with E-state index < -0.39 is 6.09 Å². The van der Waals surface area contributed by atoms with Gasteiger partial charge in [0.25, 0.3) is 6.47 Å². The fourth-order valence-electron chi connectivity index (χ4n) is 4.94. The average molecular weight is 767 g/mol. The number of aliphatic hydroxyl groups is 2. The van der Waals surface area contributed by atoms with E-state index in [4.69, 9.17) is 15.0 Å². The first-order valence-electron chi connectivity index (χ1n) is 18.0. The van der Waals surface area contributed by atoms with Crippen LogP contribution in [-0.4, -0.2) is 111 Å². The molecule has 0 unspecified atom stereocenters. The van der Waals surface area contributed by atoms with Gasteiger partial charge in [-0.05, 0) is 63.8 Å². The van der Waals surface area contributed by atoms with Crippen molar-refractivity contribution in [1.82, 2.24) is 40.8 Å². The number of amides is 3. The number of aryl methyl sites for hydroxylation is 2. The molecule has 0 saturated carbocycles. The number of carbonyl (C=O) groups excluding carboxylic acids is 4. The molecular weight excluding hydrogens is 708 g/mol. The predicted molar refractivity (Wildman–Crippen MR) is 211 cm³/mol. The Bertz CT molecular complexity index is 1690. The number of nitrogens with zero attached hydrogens (tertiary/aromatic N) is 4. The van der Waals surface area contributed by atoms with E-state index in [9.17, 15) is 14.4 Å². The van der Waals surface area contributed by atoms with Crippen molar-refractivity contribution in [2.24, 2.45) is 0 Å². The third kappa shape index (κ3) is 16.5. The summed E-state index contributed by atoms with van der Waals surface area (Å²) >= 11 is 0. The van der Waals surface area contributed by atoms with Crippen molar-refractivity contribution >= 4 is 24.4 Å². The van der Waals surface area contributed by atoms with Gasteiger partial charge in [-0.25, -0.2) is 30.6 Å². The van der Waals surface area contributed by atoms with E-state index in [1.54, 1.807) is 38.3 Å². The second-order valence-corrected chi connectivity index (χ2v) is 12.1. The van der Waals surface area contributed by atoms with Gasteiger partial charge in [0.1, 0.15) is 11.6 Å². The molecule has 0 spiro atoms. The van der Waals surface area contributed by atoms with Gasteiger partial charge >= 0.3 is 6.09 Å². The Kier molecular flexibility index (Phi) is 22.6. The molecule has 4 aromatic rings. The fraction of sp³-hybridized carbons (Fsp3) is 0.436. The number of imidazole rings is 2. The van der Waals surface area contributed by atoms with E-state index in [0.29, 0.717) is 31.6 Å². The van der Waals surface area contributed by atoms with Gasteiger partial charge in [-0.15, -0.1) is 0 Å². The Morgan fingerprint density at radius 2 is 1.07 bits per heavy atom. The normalized spacial score (nSPS) is 10.1. The standard InChI is InChI=1S/C33H42N8O4.C2H4O2.2C2H6O/c1-21(2)40(34-5)31(42)17-15-29-35-19-27(37-29)25-11-7-23(8-12-25)24-9-13-26(14-10-24)28-20-36-30(38-28)16-18-32(43)41(22(3)4)39-33(44)45-6;1-4-2-3;2*1-2-3/h7-14,19-22,34H,15-18H2,1-6H3,(H,35,37)(H,36,38)(H,39,44);2H,1H3;2*3H,2H2,1H3. The number of carbonyl (C=O) groups is 4. The summed E-state index contributed by atoms with van der Waals surface area (Å²) < 4.78 is 8.47. The molecule has 2 aromatic carbocycles. The van der Waals surface area contributed by atoms with Gasteiger partial charge in [-0.2, -0.15) is 0 Å². The van der Waals surface area contributed by atoms with E-state index >= 15 is 0 Å². The minimum absolute atomic E-state index is 0.0327. The molecule has 302 valence electrons. The van der Waals surface area contributed by atoms with E-state index in [0.717, 1.165) is 39.5 Å². The Morgan fingerprint density at radius 3 is 1.38 bits per heavy atom. The van der Waals surface area contributed by atoms with Crippen molar-refractivity contribution in [2.75, 3.05) is 34.5 Å². The van der Waals surface area contributed by atoms with Gasteiger partial charge in [0.2, 0.25) is 11.8 Å².